The van der Waals surface area contributed by atoms with Gasteiger partial charge < -0.3 is 10.0 Å². The summed E-state index contributed by atoms with van der Waals surface area (Å²) in [6.45, 7) is 5.22. The Kier molecular flexibility index (Phi) is 4.30. The summed E-state index contributed by atoms with van der Waals surface area (Å²) in [6.07, 6.45) is 3.78. The van der Waals surface area contributed by atoms with Gasteiger partial charge in [0.25, 0.3) is 5.91 Å². The summed E-state index contributed by atoms with van der Waals surface area (Å²) in [6, 6.07) is 9.44. The van der Waals surface area contributed by atoms with Crippen molar-refractivity contribution in [3.63, 3.8) is 0 Å². The fraction of sp³-hybridized carbons (Fsp3) is 0.333. The van der Waals surface area contributed by atoms with Gasteiger partial charge in [0, 0.05) is 17.8 Å². The van der Waals surface area contributed by atoms with E-state index in [0.29, 0.717) is 18.7 Å². The zero-order valence-electron chi connectivity index (χ0n) is 13.4. The first-order valence-electron chi connectivity index (χ1n) is 7.77. The lowest BCUT2D eigenvalue weighted by Gasteiger charge is -2.23. The molecular weight excluding hydrogens is 290 g/mol. The number of aryl methyl sites for hydroxylation is 2. The molecule has 1 aromatic carbocycles. The van der Waals surface area contributed by atoms with Crippen LogP contribution in [0.4, 0.5) is 0 Å². The molecule has 2 heterocycles. The van der Waals surface area contributed by atoms with Gasteiger partial charge in [-0.15, -0.1) is 0 Å². The molecule has 120 valence electrons. The van der Waals surface area contributed by atoms with Crippen LogP contribution in [-0.2, 0) is 6.54 Å². The molecule has 1 aliphatic rings. The van der Waals surface area contributed by atoms with Crippen LogP contribution in [0.15, 0.2) is 42.5 Å². The molecule has 0 fully saturated rings. The Hall–Kier alpha value is -2.40. The number of hydrogen-bond donors (Lipinski definition) is 1. The summed E-state index contributed by atoms with van der Waals surface area (Å²) in [5, 5.41) is 13.8. The van der Waals surface area contributed by atoms with Crippen molar-refractivity contribution in [2.24, 2.45) is 0 Å². The first-order valence-corrected chi connectivity index (χ1v) is 7.77. The van der Waals surface area contributed by atoms with E-state index >= 15 is 0 Å². The molecule has 5 heteroatoms. The van der Waals surface area contributed by atoms with Crippen molar-refractivity contribution in [2.75, 3.05) is 13.2 Å². The van der Waals surface area contributed by atoms with E-state index in [-0.39, 0.29) is 18.6 Å². The quantitative estimate of drug-likeness (QED) is 0.878. The molecule has 0 unspecified atom stereocenters. The van der Waals surface area contributed by atoms with Crippen LogP contribution in [0.1, 0.15) is 27.3 Å². The largest absolute Gasteiger partial charge is 0.394 e. The molecule has 0 aliphatic carbocycles. The summed E-state index contributed by atoms with van der Waals surface area (Å²) in [5.74, 6) is -0.0493. The second-order valence-electron chi connectivity index (χ2n) is 5.92. The van der Waals surface area contributed by atoms with E-state index < -0.39 is 0 Å². The van der Waals surface area contributed by atoms with E-state index in [1.807, 2.05) is 61.0 Å². The Morgan fingerprint density at radius 2 is 2.04 bits per heavy atom. The third-order valence-electron chi connectivity index (χ3n) is 4.15. The van der Waals surface area contributed by atoms with Gasteiger partial charge in [-0.25, -0.2) is 0 Å². The van der Waals surface area contributed by atoms with E-state index in [1.165, 1.54) is 0 Å². The maximum atomic E-state index is 12.5. The number of nitrogens with zero attached hydrogens (tertiary/aromatic N) is 3. The zero-order valence-corrected chi connectivity index (χ0v) is 13.4. The number of hydrogen-bond acceptors (Lipinski definition) is 3. The van der Waals surface area contributed by atoms with Gasteiger partial charge in [-0.1, -0.05) is 24.3 Å². The normalized spacial score (nSPS) is 17.0. The molecule has 23 heavy (non-hydrogen) atoms. The number of aliphatic hydroxyl groups is 1. The van der Waals surface area contributed by atoms with Crippen LogP contribution in [0.3, 0.4) is 0 Å². The molecule has 0 saturated carbocycles. The van der Waals surface area contributed by atoms with Gasteiger partial charge in [-0.2, -0.15) is 5.10 Å². The summed E-state index contributed by atoms with van der Waals surface area (Å²) >= 11 is 0. The molecule has 1 atom stereocenters. The smallest absolute Gasteiger partial charge is 0.254 e. The molecular formula is C18H21N3O2. The Morgan fingerprint density at radius 1 is 1.30 bits per heavy atom. The summed E-state index contributed by atoms with van der Waals surface area (Å²) < 4.78 is 1.96. The Balaban J connectivity index is 1.72. The fourth-order valence-electron chi connectivity index (χ4n) is 2.89. The van der Waals surface area contributed by atoms with Gasteiger partial charge in [0.1, 0.15) is 0 Å². The summed E-state index contributed by atoms with van der Waals surface area (Å²) in [7, 11) is 0. The van der Waals surface area contributed by atoms with Crippen LogP contribution in [0.25, 0.3) is 0 Å². The Morgan fingerprint density at radius 3 is 2.65 bits per heavy atom. The predicted molar refractivity (Wildman–Crippen MR) is 88.3 cm³/mol. The molecule has 0 bridgehead atoms. The van der Waals surface area contributed by atoms with E-state index in [9.17, 15) is 9.90 Å². The van der Waals surface area contributed by atoms with E-state index in [4.69, 9.17) is 0 Å². The van der Waals surface area contributed by atoms with Crippen molar-refractivity contribution in [2.45, 2.75) is 26.4 Å². The number of aromatic nitrogens is 2. The van der Waals surface area contributed by atoms with Crippen molar-refractivity contribution in [3.8, 4) is 0 Å². The fourth-order valence-corrected chi connectivity index (χ4v) is 2.89. The molecule has 1 aliphatic heterocycles. The van der Waals surface area contributed by atoms with Crippen molar-refractivity contribution in [1.82, 2.24) is 14.7 Å². The lowest BCUT2D eigenvalue weighted by atomic mass is 10.1. The van der Waals surface area contributed by atoms with Gasteiger partial charge in [0.2, 0.25) is 0 Å². The second kappa shape index (κ2) is 6.38. The molecule has 2 aromatic rings. The number of carbonyl (C=O) groups is 1. The minimum Gasteiger partial charge on any atom is -0.394 e. The Bertz CT molecular complexity index is 731. The zero-order chi connectivity index (χ0) is 16.4. The van der Waals surface area contributed by atoms with Crippen molar-refractivity contribution < 1.29 is 9.90 Å². The van der Waals surface area contributed by atoms with Crippen molar-refractivity contribution in [3.05, 3.63) is 65.0 Å². The van der Waals surface area contributed by atoms with Gasteiger partial charge >= 0.3 is 0 Å². The van der Waals surface area contributed by atoms with Gasteiger partial charge in [0.05, 0.1) is 24.9 Å². The first-order chi connectivity index (χ1) is 11.1. The minimum atomic E-state index is -0.211. The standard InChI is InChI=1S/C18H21N3O2/c1-13-10-14(2)21(19-13)11-15-5-7-16(8-6-15)18(23)20-9-3-4-17(20)12-22/h3-8,10,17,22H,9,11-12H2,1-2H3/t17-/m1/s1. The summed E-state index contributed by atoms with van der Waals surface area (Å²) in [5.41, 5.74) is 3.87. The maximum absolute atomic E-state index is 12.5. The number of aliphatic hydroxyl groups excluding tert-OH is 1. The van der Waals surface area contributed by atoms with E-state index in [1.54, 1.807) is 4.90 Å². The monoisotopic (exact) mass is 311 g/mol. The van der Waals surface area contributed by atoms with Crippen molar-refractivity contribution in [1.29, 1.82) is 0 Å². The highest BCUT2D eigenvalue weighted by molar-refractivity contribution is 5.95. The lowest BCUT2D eigenvalue weighted by Crippen LogP contribution is -2.38. The molecule has 0 spiro atoms. The second-order valence-corrected chi connectivity index (χ2v) is 5.92. The average molecular weight is 311 g/mol. The van der Waals surface area contributed by atoms with Gasteiger partial charge in [-0.05, 0) is 37.6 Å². The van der Waals surface area contributed by atoms with Crippen LogP contribution in [0.5, 0.6) is 0 Å². The molecule has 1 aromatic heterocycles. The number of rotatable bonds is 4. The SMILES string of the molecule is Cc1cc(C)n(Cc2ccc(C(=O)N3CC=C[C@@H]3CO)cc2)n1. The van der Waals surface area contributed by atoms with Crippen LogP contribution < -0.4 is 0 Å². The number of benzene rings is 1. The summed E-state index contributed by atoms with van der Waals surface area (Å²) in [4.78, 5) is 14.2. The van der Waals surface area contributed by atoms with Crippen LogP contribution >= 0.6 is 0 Å². The third-order valence-corrected chi connectivity index (χ3v) is 4.15. The third kappa shape index (κ3) is 3.19. The molecule has 5 nitrogen and oxygen atoms in total. The maximum Gasteiger partial charge on any atom is 0.254 e. The van der Waals surface area contributed by atoms with E-state index in [2.05, 4.69) is 5.10 Å². The predicted octanol–water partition coefficient (Wildman–Crippen LogP) is 1.92. The average Bonchev–Trinajstić information content (AvgIpc) is 3.14. The molecule has 0 saturated heterocycles. The first kappa shape index (κ1) is 15.5. The molecule has 3 rings (SSSR count). The minimum absolute atomic E-state index is 0.0434. The lowest BCUT2D eigenvalue weighted by molar-refractivity contribution is 0.0700. The number of amides is 1. The van der Waals surface area contributed by atoms with E-state index in [0.717, 1.165) is 17.0 Å². The van der Waals surface area contributed by atoms with Crippen LogP contribution in [0.2, 0.25) is 0 Å². The molecule has 0 radical (unpaired) electrons. The highest BCUT2D eigenvalue weighted by Crippen LogP contribution is 2.15. The highest BCUT2D eigenvalue weighted by Gasteiger charge is 2.24. The molecule has 1 N–H and O–H groups in total. The highest BCUT2D eigenvalue weighted by atomic mass is 16.3. The van der Waals surface area contributed by atoms with Crippen LogP contribution in [0, 0.1) is 13.8 Å². The molecule has 1 amide bonds. The van der Waals surface area contributed by atoms with Gasteiger partial charge in [-0.3, -0.25) is 9.48 Å². The van der Waals surface area contributed by atoms with Crippen molar-refractivity contribution >= 4 is 5.91 Å². The Labute approximate surface area is 135 Å². The van der Waals surface area contributed by atoms with Gasteiger partial charge in [0.15, 0.2) is 0 Å². The topological polar surface area (TPSA) is 58.4 Å². The van der Waals surface area contributed by atoms with Crippen LogP contribution in [-0.4, -0.2) is 44.9 Å². The number of carbonyl (C=O) groups excluding carboxylic acids is 1.